The third-order valence-corrected chi connectivity index (χ3v) is 31.1. The second kappa shape index (κ2) is 49.9. The van der Waals surface area contributed by atoms with E-state index in [0.29, 0.717) is 57.0 Å². The van der Waals surface area contributed by atoms with Crippen molar-refractivity contribution in [2.45, 2.75) is 156 Å². The van der Waals surface area contributed by atoms with Gasteiger partial charge in [0, 0.05) is 130 Å². The predicted molar refractivity (Wildman–Crippen MR) is 470 cm³/mol. The summed E-state index contributed by atoms with van der Waals surface area (Å²) in [4.78, 5) is 99.2. The van der Waals surface area contributed by atoms with E-state index < -0.39 is 88.3 Å². The number of carbonyl (C=O) groups is 8. The van der Waals surface area contributed by atoms with Crippen molar-refractivity contribution >= 4 is 134 Å². The molecule has 0 radical (unpaired) electrons. The van der Waals surface area contributed by atoms with Gasteiger partial charge in [-0.2, -0.15) is 0 Å². The van der Waals surface area contributed by atoms with Crippen molar-refractivity contribution in [3.05, 3.63) is 214 Å². The average Bonchev–Trinajstić information content (AvgIpc) is 1.16. The highest BCUT2D eigenvalue weighted by molar-refractivity contribution is 8.78. The Morgan fingerprint density at radius 2 is 0.636 bits per heavy atom. The van der Waals surface area contributed by atoms with E-state index >= 15 is 0 Å². The van der Waals surface area contributed by atoms with E-state index in [1.54, 1.807) is 27.1 Å². The number of ether oxygens (including phenoxy) is 6. The number of esters is 6. The molecule has 4 heterocycles. The number of nitrogens with zero attached hydrogens (tertiary/aromatic N) is 1. The monoisotopic (exact) mass is 1820 g/mol. The fraction of sp³-hybridized carbons (Fsp3) is 0.371. The van der Waals surface area contributed by atoms with Gasteiger partial charge >= 0.3 is 41.8 Å². The van der Waals surface area contributed by atoms with Gasteiger partial charge < -0.3 is 38.4 Å². The van der Waals surface area contributed by atoms with E-state index in [0.717, 1.165) is 106 Å². The molecule has 4 aliphatic heterocycles. The Morgan fingerprint density at radius 1 is 0.364 bits per heavy atom. The molecule has 12 rings (SSSR count). The molecule has 8 aromatic carbocycles. The summed E-state index contributed by atoms with van der Waals surface area (Å²) in [7, 11) is 19.6. The normalized spacial score (nSPS) is 15.8. The average molecular weight is 1820 g/mol. The van der Waals surface area contributed by atoms with Crippen molar-refractivity contribution in [2.75, 3.05) is 50.8 Å². The largest absolute Gasteiger partial charge is 0.478 e. The number of methoxy groups -OCH3 is 1. The zero-order chi connectivity index (χ0) is 86.9. The molecule has 4 fully saturated rings. The minimum atomic E-state index is -1.30. The quantitative estimate of drug-likeness (QED) is 0.0133. The highest BCUT2D eigenvalue weighted by Crippen LogP contribution is 2.44. The molecule has 0 unspecified atom stereocenters. The lowest BCUT2D eigenvalue weighted by Crippen LogP contribution is -2.23. The molecule has 8 aromatic rings. The van der Waals surface area contributed by atoms with E-state index in [1.165, 1.54) is 152 Å². The van der Waals surface area contributed by atoms with Crippen LogP contribution >= 0.6 is 86.4 Å². The van der Waals surface area contributed by atoms with Gasteiger partial charge in [0.05, 0.1) is 19.3 Å². The molecule has 4 aliphatic rings. The van der Waals surface area contributed by atoms with Crippen LogP contribution in [0.4, 0.5) is 35.1 Å². The van der Waals surface area contributed by atoms with Gasteiger partial charge in [-0.25, -0.2) is 49.5 Å². The van der Waals surface area contributed by atoms with Crippen LogP contribution in [0.15, 0.2) is 146 Å². The van der Waals surface area contributed by atoms with Crippen LogP contribution in [0.3, 0.4) is 0 Å². The fourth-order valence-electron chi connectivity index (χ4n) is 12.8. The molecule has 32 heteroatoms. The van der Waals surface area contributed by atoms with Crippen LogP contribution in [0, 0.1) is 46.5 Å². The number of unbranched alkanes of at least 4 members (excludes halogenated alkanes) is 4. The lowest BCUT2D eigenvalue weighted by atomic mass is 10.0. The predicted octanol–water partition coefficient (Wildman–Crippen LogP) is 24.4. The van der Waals surface area contributed by atoms with Crippen molar-refractivity contribution in [1.82, 2.24) is 4.90 Å². The molecule has 0 aliphatic carbocycles. The summed E-state index contributed by atoms with van der Waals surface area (Å²) in [6.07, 6.45) is 16.7. The summed E-state index contributed by atoms with van der Waals surface area (Å²) < 4.78 is 141. The van der Waals surface area contributed by atoms with E-state index in [2.05, 4.69) is 0 Å². The summed E-state index contributed by atoms with van der Waals surface area (Å²) >= 11 is 0. The van der Waals surface area contributed by atoms with E-state index in [4.69, 9.17) is 28.4 Å². The molecule has 121 heavy (non-hydrogen) atoms. The molecule has 0 bridgehead atoms. The van der Waals surface area contributed by atoms with Gasteiger partial charge in [-0.15, -0.1) is 0 Å². The summed E-state index contributed by atoms with van der Waals surface area (Å²) in [5.41, 5.74) is 1.77. The van der Waals surface area contributed by atoms with Gasteiger partial charge in [0.15, 0.2) is 0 Å². The summed E-state index contributed by atoms with van der Waals surface area (Å²) in [5, 5.41) is 12.1. The van der Waals surface area contributed by atoms with Gasteiger partial charge in [-0.3, -0.25) is 24.0 Å². The molecular formula is C89H91F8NO15S8. The minimum Gasteiger partial charge on any atom is -0.478 e. The highest BCUT2D eigenvalue weighted by atomic mass is 33.1. The van der Waals surface area contributed by atoms with Crippen LogP contribution in [0.2, 0.25) is 0 Å². The number of hydrogen-bond acceptors (Lipinski definition) is 22. The molecule has 0 spiro atoms. The van der Waals surface area contributed by atoms with Crippen molar-refractivity contribution in [3.63, 3.8) is 0 Å². The summed E-state index contributed by atoms with van der Waals surface area (Å²) in [6, 6.07) is 29.9. The van der Waals surface area contributed by atoms with E-state index in [1.807, 2.05) is 86.4 Å². The topological polar surface area (TPSA) is 215 Å². The van der Waals surface area contributed by atoms with Crippen LogP contribution in [-0.4, -0.2) is 130 Å². The molecule has 0 saturated carbocycles. The van der Waals surface area contributed by atoms with Crippen LogP contribution in [0.25, 0.3) is 44.5 Å². The number of amides is 1. The van der Waals surface area contributed by atoms with Gasteiger partial charge in [0.25, 0.3) is 5.91 Å². The number of rotatable bonds is 33. The molecule has 646 valence electrons. The Kier molecular flexibility index (Phi) is 39.8. The van der Waals surface area contributed by atoms with E-state index in [-0.39, 0.29) is 111 Å². The first-order valence-corrected chi connectivity index (χ1v) is 48.8. The Labute approximate surface area is 729 Å². The number of carboxylic acids is 1. The van der Waals surface area contributed by atoms with Crippen LogP contribution in [0.5, 0.6) is 23.0 Å². The minimum absolute atomic E-state index is 0.00598. The first kappa shape index (κ1) is 96.6. The maximum Gasteiger partial charge on any atom is 0.341 e. The third kappa shape index (κ3) is 30.9. The SMILES string of the molecule is CCOC(=O)c1cc(-c2ccc(F)cc2F)ccc1OC(=O)CCCC[C@H]1CCSS1.CN(C)C(=O)c1cc(-c2ccc(F)cc2F)ccc1OC(=O)CCCC[C@@H]1CCSS1.COC(=O)c1cc(-c2ccc(F)cc2F)ccc1OC(=O)CCCC[C@H]1CCSS1.O=C(CCCC[C@H]1CCSS1)Oc1ccc(-c2ccc(F)cc2F)cc1C(=O)O. The molecule has 4 saturated heterocycles. The van der Waals surface area contributed by atoms with Crippen molar-refractivity contribution in [3.8, 4) is 67.5 Å². The maximum atomic E-state index is 14.2. The number of halogens is 8. The molecular weight excluding hydrogens is 1730 g/mol. The number of carboxylic acid groups (broad SMARTS) is 1. The van der Waals surface area contributed by atoms with Gasteiger partial charge in [-0.1, -0.05) is 136 Å². The first-order chi connectivity index (χ1) is 58.2. The van der Waals surface area contributed by atoms with Crippen molar-refractivity contribution < 1.29 is 107 Å². The Bertz CT molecular complexity index is 4890. The zero-order valence-electron chi connectivity index (χ0n) is 66.7. The lowest BCUT2D eigenvalue weighted by molar-refractivity contribution is -0.135. The Morgan fingerprint density at radius 3 is 0.893 bits per heavy atom. The highest BCUT2D eigenvalue weighted by Gasteiger charge is 2.27. The van der Waals surface area contributed by atoms with Crippen molar-refractivity contribution in [2.24, 2.45) is 0 Å². The van der Waals surface area contributed by atoms with Crippen LogP contribution < -0.4 is 18.9 Å². The number of hydrogen-bond donors (Lipinski definition) is 1. The number of benzene rings is 8. The van der Waals surface area contributed by atoms with Crippen molar-refractivity contribution in [1.29, 1.82) is 0 Å². The standard InChI is InChI=1S/C23H25F2NO3S2.C23H24F2O4S2.C22H22F2O4S2.C21H20F2O4S2/c1-26(2)23(28)19-13-15(18-9-8-16(24)14-20(18)25)7-10-21(19)29-22(27)6-4-3-5-17-11-12-30-31-17;1-2-28-23(27)19-13-15(18-9-8-16(24)14-20(18)25)7-10-21(19)29-22(26)6-4-3-5-17-11-12-30-31-17;1-27-22(26)18-12-14(17-8-7-15(23)13-19(17)24)6-9-20(18)28-21(25)5-3-2-4-16-10-11-29-30-16;22-14-6-7-16(18(23)12-14)13-5-8-19(17(11-13)21(25)26)27-20(24)4-2-1-3-15-9-10-28-29-15/h7-10,13-14,17H,3-6,11-12H2,1-2H3;7-10,13-14,17H,2-6,11-12H2,1H3;6-9,12-13,16H,2-5,10-11H2,1H3;5-8,11-12,15H,1-4,9-10H2,(H,25,26)/t2*17-;16-;15-/m1000/s1. The smallest absolute Gasteiger partial charge is 0.341 e. The molecule has 16 nitrogen and oxygen atoms in total. The number of carbonyl (C=O) groups excluding carboxylic acids is 7. The number of aromatic carboxylic acids is 1. The van der Waals surface area contributed by atoms with Gasteiger partial charge in [0.1, 0.15) is 86.2 Å². The summed E-state index contributed by atoms with van der Waals surface area (Å²) in [6.45, 7) is 1.80. The van der Waals surface area contributed by atoms with Gasteiger partial charge in [0.2, 0.25) is 0 Å². The molecule has 0 aromatic heterocycles. The Balaban J connectivity index is 0.000000183. The summed E-state index contributed by atoms with van der Waals surface area (Å²) in [5.74, 6) is -5.73. The zero-order valence-corrected chi connectivity index (χ0v) is 73.3. The Hall–Kier alpha value is -8.24. The second-order valence-corrected chi connectivity index (χ2v) is 39.4. The van der Waals surface area contributed by atoms with Gasteiger partial charge in [-0.05, 0) is 203 Å². The third-order valence-electron chi connectivity index (χ3n) is 19.1. The second-order valence-electron chi connectivity index (χ2n) is 28.3. The lowest BCUT2D eigenvalue weighted by Gasteiger charge is -2.16. The molecule has 1 amide bonds. The molecule has 1 N–H and O–H groups in total. The van der Waals surface area contributed by atoms with E-state index in [9.17, 15) is 78.6 Å². The maximum absolute atomic E-state index is 14.2. The van der Waals surface area contributed by atoms with Crippen LogP contribution in [-0.2, 0) is 28.7 Å². The fourth-order valence-corrected chi connectivity index (χ4v) is 24.9. The molecule has 4 atom stereocenters. The van der Waals surface area contributed by atoms with Crippen LogP contribution in [0.1, 0.15) is 177 Å². The first-order valence-electron chi connectivity index (χ1n) is 39.3.